The zero-order valence-electron chi connectivity index (χ0n) is 13.7. The molecule has 0 unspecified atom stereocenters. The maximum Gasteiger partial charge on any atom is 0.253 e. The van der Waals surface area contributed by atoms with Gasteiger partial charge in [0.2, 0.25) is 0 Å². The van der Waals surface area contributed by atoms with Gasteiger partial charge in [-0.1, -0.05) is 6.07 Å². The number of amides is 1. The van der Waals surface area contributed by atoms with Gasteiger partial charge < -0.3 is 15.0 Å². The summed E-state index contributed by atoms with van der Waals surface area (Å²) < 4.78 is 5.61. The van der Waals surface area contributed by atoms with Crippen LogP contribution in [0.2, 0.25) is 0 Å². The summed E-state index contributed by atoms with van der Waals surface area (Å²) in [6.45, 7) is 8.59. The van der Waals surface area contributed by atoms with Crippen molar-refractivity contribution >= 4 is 5.91 Å². The van der Waals surface area contributed by atoms with Gasteiger partial charge in [0.15, 0.2) is 0 Å². The molecule has 0 bridgehead atoms. The largest absolute Gasteiger partial charge is 0.494 e. The van der Waals surface area contributed by atoms with Gasteiger partial charge in [0.25, 0.3) is 5.91 Å². The predicted molar refractivity (Wildman–Crippen MR) is 87.4 cm³/mol. The Hall–Kier alpha value is -1.55. The van der Waals surface area contributed by atoms with Gasteiger partial charge in [-0.25, -0.2) is 0 Å². The summed E-state index contributed by atoms with van der Waals surface area (Å²) >= 11 is 0. The van der Waals surface area contributed by atoms with Gasteiger partial charge in [-0.2, -0.15) is 0 Å². The normalized spacial score (nSPS) is 20.4. The van der Waals surface area contributed by atoms with Crippen molar-refractivity contribution in [2.75, 3.05) is 32.8 Å². The Morgan fingerprint density at radius 1 is 1.32 bits per heavy atom. The van der Waals surface area contributed by atoms with Gasteiger partial charge in [-0.3, -0.25) is 4.79 Å². The average Bonchev–Trinajstić information content (AvgIpc) is 2.98. The number of carbonyl (C=O) groups is 1. The maximum absolute atomic E-state index is 12.7. The third-order valence-corrected chi connectivity index (χ3v) is 5.18. The number of ether oxygens (including phenoxy) is 1. The molecule has 0 aromatic heterocycles. The van der Waals surface area contributed by atoms with Gasteiger partial charge in [0, 0.05) is 25.2 Å². The molecule has 4 nitrogen and oxygen atoms in total. The van der Waals surface area contributed by atoms with Gasteiger partial charge in [-0.15, -0.1) is 0 Å². The number of nitrogens with zero attached hydrogens (tertiary/aromatic N) is 1. The van der Waals surface area contributed by atoms with Crippen molar-refractivity contribution in [3.05, 3.63) is 29.3 Å². The number of benzene rings is 1. The zero-order valence-corrected chi connectivity index (χ0v) is 13.7. The fourth-order valence-electron chi connectivity index (χ4n) is 3.63. The standard InChI is InChI=1S/C18H26N2O2/c1-3-22-16-12-15(5-4-14(16)2)17(21)20-10-7-18(8-11-20)6-9-19-13-18/h4-5,12,19H,3,6-11,13H2,1-2H3. The van der Waals surface area contributed by atoms with E-state index in [1.165, 1.54) is 6.42 Å². The van der Waals surface area contributed by atoms with Crippen molar-refractivity contribution in [2.24, 2.45) is 5.41 Å². The molecule has 120 valence electrons. The van der Waals surface area contributed by atoms with E-state index >= 15 is 0 Å². The van der Waals surface area contributed by atoms with Gasteiger partial charge >= 0.3 is 0 Å². The second-order valence-electron chi connectivity index (χ2n) is 6.63. The van der Waals surface area contributed by atoms with Crippen LogP contribution < -0.4 is 10.1 Å². The molecule has 0 saturated carbocycles. The van der Waals surface area contributed by atoms with Gasteiger partial charge in [0.1, 0.15) is 5.75 Å². The van der Waals surface area contributed by atoms with Crippen molar-refractivity contribution in [1.82, 2.24) is 10.2 Å². The minimum Gasteiger partial charge on any atom is -0.494 e. The molecule has 2 saturated heterocycles. The van der Waals surface area contributed by atoms with Crippen LogP contribution in [0.15, 0.2) is 18.2 Å². The van der Waals surface area contributed by atoms with E-state index in [-0.39, 0.29) is 5.91 Å². The van der Waals surface area contributed by atoms with Crippen LogP contribution in [0.1, 0.15) is 42.1 Å². The third kappa shape index (κ3) is 2.98. The number of rotatable bonds is 3. The summed E-state index contributed by atoms with van der Waals surface area (Å²) in [6, 6.07) is 5.79. The van der Waals surface area contributed by atoms with Crippen molar-refractivity contribution in [2.45, 2.75) is 33.1 Å². The first-order chi connectivity index (χ1) is 10.6. The van der Waals surface area contributed by atoms with Crippen LogP contribution in [-0.4, -0.2) is 43.6 Å². The molecule has 2 fully saturated rings. The number of aryl methyl sites for hydroxylation is 1. The van der Waals surface area contributed by atoms with E-state index in [1.807, 2.05) is 36.9 Å². The van der Waals surface area contributed by atoms with Crippen LogP contribution in [0.5, 0.6) is 5.75 Å². The van der Waals surface area contributed by atoms with Gasteiger partial charge in [-0.05, 0) is 62.8 Å². The first kappa shape index (κ1) is 15.3. The number of hydrogen-bond acceptors (Lipinski definition) is 3. The zero-order chi connectivity index (χ0) is 15.6. The van der Waals surface area contributed by atoms with Crippen LogP contribution in [0, 0.1) is 12.3 Å². The Morgan fingerprint density at radius 3 is 2.73 bits per heavy atom. The van der Waals surface area contributed by atoms with Crippen molar-refractivity contribution in [1.29, 1.82) is 0 Å². The molecule has 1 spiro atoms. The van der Waals surface area contributed by atoms with Crippen LogP contribution in [0.3, 0.4) is 0 Å². The lowest BCUT2D eigenvalue weighted by atomic mass is 9.78. The summed E-state index contributed by atoms with van der Waals surface area (Å²) in [4.78, 5) is 14.7. The Balaban J connectivity index is 1.68. The van der Waals surface area contributed by atoms with E-state index in [9.17, 15) is 4.79 Å². The number of nitrogens with one attached hydrogen (secondary N) is 1. The van der Waals surface area contributed by atoms with Crippen molar-refractivity contribution in [3.63, 3.8) is 0 Å². The maximum atomic E-state index is 12.7. The molecule has 2 aliphatic heterocycles. The van der Waals surface area contributed by atoms with Crippen molar-refractivity contribution in [3.8, 4) is 5.75 Å². The molecule has 1 aromatic rings. The Bertz CT molecular complexity index is 540. The monoisotopic (exact) mass is 302 g/mol. The van der Waals surface area contributed by atoms with Crippen LogP contribution in [-0.2, 0) is 0 Å². The molecule has 1 N–H and O–H groups in total. The summed E-state index contributed by atoms with van der Waals surface area (Å²) in [5.74, 6) is 0.962. The Labute approximate surface area is 132 Å². The molecule has 4 heteroatoms. The highest BCUT2D eigenvalue weighted by atomic mass is 16.5. The summed E-state index contributed by atoms with van der Waals surface area (Å²) in [6.07, 6.45) is 3.50. The van der Waals surface area contributed by atoms with E-state index in [1.54, 1.807) is 0 Å². The highest BCUT2D eigenvalue weighted by molar-refractivity contribution is 5.94. The molecule has 0 atom stereocenters. The van der Waals surface area contributed by atoms with Gasteiger partial charge in [0.05, 0.1) is 6.61 Å². The van der Waals surface area contributed by atoms with E-state index in [2.05, 4.69) is 5.32 Å². The smallest absolute Gasteiger partial charge is 0.253 e. The topological polar surface area (TPSA) is 41.6 Å². The molecule has 1 amide bonds. The highest BCUT2D eigenvalue weighted by Gasteiger charge is 2.38. The average molecular weight is 302 g/mol. The summed E-state index contributed by atoms with van der Waals surface area (Å²) in [5, 5.41) is 3.47. The quantitative estimate of drug-likeness (QED) is 0.933. The molecular weight excluding hydrogens is 276 g/mol. The molecular formula is C18H26N2O2. The Kier molecular flexibility index (Phi) is 4.39. The van der Waals surface area contributed by atoms with E-state index in [4.69, 9.17) is 4.74 Å². The molecule has 0 aliphatic carbocycles. The molecule has 2 aliphatic rings. The van der Waals surface area contributed by atoms with Crippen LogP contribution >= 0.6 is 0 Å². The fourth-order valence-corrected chi connectivity index (χ4v) is 3.63. The predicted octanol–water partition coefficient (Wildman–Crippen LogP) is 2.61. The summed E-state index contributed by atoms with van der Waals surface area (Å²) in [5.41, 5.74) is 2.27. The molecule has 2 heterocycles. The van der Waals surface area contributed by atoms with Crippen molar-refractivity contribution < 1.29 is 9.53 Å². The number of likely N-dealkylation sites (tertiary alicyclic amines) is 1. The SMILES string of the molecule is CCOc1cc(C(=O)N2CCC3(CCNC3)CC2)ccc1C. The Morgan fingerprint density at radius 2 is 2.09 bits per heavy atom. The fraction of sp³-hybridized carbons (Fsp3) is 0.611. The summed E-state index contributed by atoms with van der Waals surface area (Å²) in [7, 11) is 0. The van der Waals surface area contributed by atoms with E-state index < -0.39 is 0 Å². The molecule has 0 radical (unpaired) electrons. The highest BCUT2D eigenvalue weighted by Crippen LogP contribution is 2.37. The van der Waals surface area contributed by atoms with Crippen LogP contribution in [0.25, 0.3) is 0 Å². The molecule has 1 aromatic carbocycles. The lowest BCUT2D eigenvalue weighted by molar-refractivity contribution is 0.0607. The molecule has 3 rings (SSSR count). The first-order valence-electron chi connectivity index (χ1n) is 8.37. The lowest BCUT2D eigenvalue weighted by Gasteiger charge is -2.39. The first-order valence-corrected chi connectivity index (χ1v) is 8.37. The second-order valence-corrected chi connectivity index (χ2v) is 6.63. The number of carbonyl (C=O) groups excluding carboxylic acids is 1. The van der Waals surface area contributed by atoms with E-state index in [0.717, 1.165) is 55.9 Å². The van der Waals surface area contributed by atoms with Crippen LogP contribution in [0.4, 0.5) is 0 Å². The molecule has 22 heavy (non-hydrogen) atoms. The second kappa shape index (κ2) is 6.29. The van der Waals surface area contributed by atoms with E-state index in [0.29, 0.717) is 12.0 Å². The minimum atomic E-state index is 0.141. The number of piperidine rings is 1. The third-order valence-electron chi connectivity index (χ3n) is 5.18. The minimum absolute atomic E-state index is 0.141. The number of hydrogen-bond donors (Lipinski definition) is 1. The lowest BCUT2D eigenvalue weighted by Crippen LogP contribution is -2.44.